The molecule has 0 spiro atoms. The number of aliphatic hydroxyl groups is 1. The maximum absolute atomic E-state index is 12.5. The molecule has 1 saturated carbocycles. The third kappa shape index (κ3) is 4.11. The third-order valence-electron chi connectivity index (χ3n) is 3.71. The maximum Gasteiger partial charge on any atom is 0.417 e. The Morgan fingerprint density at radius 3 is 2.52 bits per heavy atom. The smallest absolute Gasteiger partial charge is 0.394 e. The highest BCUT2D eigenvalue weighted by Crippen LogP contribution is 2.42. The zero-order valence-corrected chi connectivity index (χ0v) is 12.6. The zero-order chi connectivity index (χ0) is 15.5. The van der Waals surface area contributed by atoms with E-state index in [2.05, 4.69) is 10.3 Å². The van der Waals surface area contributed by atoms with Gasteiger partial charge in [-0.05, 0) is 37.4 Å². The van der Waals surface area contributed by atoms with E-state index in [9.17, 15) is 18.3 Å². The number of alkyl halides is 3. The van der Waals surface area contributed by atoms with Gasteiger partial charge in [-0.15, -0.1) is 11.8 Å². The Balaban J connectivity index is 2.00. The molecule has 7 heteroatoms. The number of pyridine rings is 1. The number of hydrogen-bond acceptors (Lipinski definition) is 4. The Bertz CT molecular complexity index is 462. The number of nitrogens with one attached hydrogen (secondary N) is 1. The molecule has 118 valence electrons. The minimum absolute atomic E-state index is 0.0269. The SMILES string of the molecule is CCNC(CO)(CSc1ccc(C(F)(F)F)cn1)C1CC1. The van der Waals surface area contributed by atoms with Crippen LogP contribution in [0.4, 0.5) is 13.2 Å². The molecule has 2 N–H and O–H groups in total. The van der Waals surface area contributed by atoms with Gasteiger partial charge in [-0.25, -0.2) is 4.98 Å². The fourth-order valence-electron chi connectivity index (χ4n) is 2.37. The average Bonchev–Trinajstić information content (AvgIpc) is 3.28. The van der Waals surface area contributed by atoms with Crippen molar-refractivity contribution in [2.24, 2.45) is 5.92 Å². The number of aliphatic hydroxyl groups excluding tert-OH is 1. The van der Waals surface area contributed by atoms with Gasteiger partial charge in [-0.2, -0.15) is 13.2 Å². The lowest BCUT2D eigenvalue weighted by atomic mass is 9.97. The maximum atomic E-state index is 12.5. The summed E-state index contributed by atoms with van der Waals surface area (Å²) in [7, 11) is 0. The van der Waals surface area contributed by atoms with Crippen molar-refractivity contribution in [1.29, 1.82) is 0 Å². The first-order valence-corrected chi connectivity index (χ1v) is 7.92. The molecule has 0 aromatic carbocycles. The lowest BCUT2D eigenvalue weighted by Gasteiger charge is -2.32. The van der Waals surface area contributed by atoms with E-state index in [0.717, 1.165) is 31.6 Å². The molecule has 0 saturated heterocycles. The number of thioether (sulfide) groups is 1. The molecular formula is C14H19F3N2OS. The summed E-state index contributed by atoms with van der Waals surface area (Å²) in [6.45, 7) is 2.75. The summed E-state index contributed by atoms with van der Waals surface area (Å²) in [5, 5.41) is 13.6. The Morgan fingerprint density at radius 1 is 1.38 bits per heavy atom. The molecule has 1 unspecified atom stereocenters. The minimum atomic E-state index is -4.36. The lowest BCUT2D eigenvalue weighted by molar-refractivity contribution is -0.137. The minimum Gasteiger partial charge on any atom is -0.394 e. The predicted molar refractivity (Wildman–Crippen MR) is 76.2 cm³/mol. The van der Waals surface area contributed by atoms with Gasteiger partial charge in [0.2, 0.25) is 0 Å². The fraction of sp³-hybridized carbons (Fsp3) is 0.643. The van der Waals surface area contributed by atoms with Crippen molar-refractivity contribution >= 4 is 11.8 Å². The van der Waals surface area contributed by atoms with Crippen LogP contribution < -0.4 is 5.32 Å². The molecule has 1 heterocycles. The van der Waals surface area contributed by atoms with Gasteiger partial charge >= 0.3 is 6.18 Å². The molecule has 0 bridgehead atoms. The van der Waals surface area contributed by atoms with Gasteiger partial charge in [-0.1, -0.05) is 6.92 Å². The fourth-order valence-corrected chi connectivity index (χ4v) is 3.49. The molecule has 1 fully saturated rings. The molecule has 1 aliphatic carbocycles. The second kappa shape index (κ2) is 6.54. The van der Waals surface area contributed by atoms with Gasteiger partial charge in [-0.3, -0.25) is 0 Å². The molecule has 1 atom stereocenters. The van der Waals surface area contributed by atoms with Crippen LogP contribution in [0.1, 0.15) is 25.3 Å². The highest BCUT2D eigenvalue weighted by atomic mass is 32.2. The molecule has 1 aromatic heterocycles. The van der Waals surface area contributed by atoms with E-state index in [1.54, 1.807) is 0 Å². The average molecular weight is 320 g/mol. The van der Waals surface area contributed by atoms with Gasteiger partial charge in [0.15, 0.2) is 0 Å². The molecule has 0 radical (unpaired) electrons. The van der Waals surface area contributed by atoms with Crippen LogP contribution >= 0.6 is 11.8 Å². The first-order chi connectivity index (χ1) is 9.91. The first-order valence-electron chi connectivity index (χ1n) is 6.93. The number of nitrogens with zero attached hydrogens (tertiary/aromatic N) is 1. The summed E-state index contributed by atoms with van der Waals surface area (Å²) in [5.74, 6) is 1.03. The number of likely N-dealkylation sites (N-methyl/N-ethyl adjacent to an activating group) is 1. The lowest BCUT2D eigenvalue weighted by Crippen LogP contribution is -2.52. The molecule has 2 rings (SSSR count). The number of aromatic nitrogens is 1. The van der Waals surface area contributed by atoms with Crippen molar-refractivity contribution in [3.63, 3.8) is 0 Å². The topological polar surface area (TPSA) is 45.1 Å². The van der Waals surface area contributed by atoms with E-state index in [4.69, 9.17) is 0 Å². The van der Waals surface area contributed by atoms with Crippen LogP contribution in [0.5, 0.6) is 0 Å². The van der Waals surface area contributed by atoms with Crippen LogP contribution in [0, 0.1) is 5.92 Å². The van der Waals surface area contributed by atoms with Crippen molar-refractivity contribution in [3.05, 3.63) is 23.9 Å². The number of halogens is 3. The second-order valence-corrected chi connectivity index (χ2v) is 6.29. The number of hydrogen-bond donors (Lipinski definition) is 2. The van der Waals surface area contributed by atoms with Gasteiger partial charge in [0.05, 0.1) is 22.7 Å². The van der Waals surface area contributed by atoms with E-state index in [1.165, 1.54) is 17.8 Å². The van der Waals surface area contributed by atoms with Crippen molar-refractivity contribution in [3.8, 4) is 0 Å². The molecule has 0 amide bonds. The molecule has 1 aliphatic rings. The summed E-state index contributed by atoms with van der Waals surface area (Å²) in [4.78, 5) is 3.86. The van der Waals surface area contributed by atoms with Crippen LogP contribution in [0.2, 0.25) is 0 Å². The first kappa shape index (κ1) is 16.6. The molecule has 0 aliphatic heterocycles. The summed E-state index contributed by atoms with van der Waals surface area (Å²) in [5.41, 5.74) is -1.10. The monoisotopic (exact) mass is 320 g/mol. The standard InChI is InChI=1S/C14H19F3N2OS/c1-2-19-13(8-20,10-3-4-10)9-21-12-6-5-11(7-18-12)14(15,16)17/h5-7,10,19-20H,2-4,8-9H2,1H3. The largest absolute Gasteiger partial charge is 0.417 e. The Hall–Kier alpha value is -0.790. The zero-order valence-electron chi connectivity index (χ0n) is 11.8. The highest BCUT2D eigenvalue weighted by Gasteiger charge is 2.44. The summed E-state index contributed by atoms with van der Waals surface area (Å²) in [6.07, 6.45) is -1.35. The Kier molecular flexibility index (Phi) is 5.16. The summed E-state index contributed by atoms with van der Waals surface area (Å²) >= 11 is 1.38. The van der Waals surface area contributed by atoms with E-state index in [-0.39, 0.29) is 12.1 Å². The third-order valence-corrected chi connectivity index (χ3v) is 4.91. The van der Waals surface area contributed by atoms with Gasteiger partial charge < -0.3 is 10.4 Å². The van der Waals surface area contributed by atoms with Crippen LogP contribution in [0.3, 0.4) is 0 Å². The van der Waals surface area contributed by atoms with Crippen LogP contribution in [0.15, 0.2) is 23.4 Å². The summed E-state index contributed by atoms with van der Waals surface area (Å²) in [6, 6.07) is 2.43. The van der Waals surface area contributed by atoms with E-state index >= 15 is 0 Å². The summed E-state index contributed by atoms with van der Waals surface area (Å²) < 4.78 is 37.4. The van der Waals surface area contributed by atoms with Crippen LogP contribution in [-0.2, 0) is 6.18 Å². The van der Waals surface area contributed by atoms with E-state index in [1.807, 2.05) is 6.92 Å². The number of rotatable bonds is 7. The van der Waals surface area contributed by atoms with Crippen molar-refractivity contribution < 1.29 is 18.3 Å². The van der Waals surface area contributed by atoms with Crippen LogP contribution in [0.25, 0.3) is 0 Å². The molecule has 21 heavy (non-hydrogen) atoms. The highest BCUT2D eigenvalue weighted by molar-refractivity contribution is 7.99. The molecule has 3 nitrogen and oxygen atoms in total. The molecule has 1 aromatic rings. The normalized spacial score (nSPS) is 18.5. The van der Waals surface area contributed by atoms with Gasteiger partial charge in [0.25, 0.3) is 0 Å². The van der Waals surface area contributed by atoms with Crippen molar-refractivity contribution in [1.82, 2.24) is 10.3 Å². The van der Waals surface area contributed by atoms with Crippen molar-refractivity contribution in [2.45, 2.75) is 36.5 Å². The predicted octanol–water partition coefficient (Wildman–Crippen LogP) is 2.94. The van der Waals surface area contributed by atoms with E-state index < -0.39 is 11.7 Å². The Morgan fingerprint density at radius 2 is 2.10 bits per heavy atom. The Labute approximate surface area is 126 Å². The van der Waals surface area contributed by atoms with Gasteiger partial charge in [0, 0.05) is 11.9 Å². The molecular weight excluding hydrogens is 301 g/mol. The van der Waals surface area contributed by atoms with Crippen LogP contribution in [-0.4, -0.2) is 34.5 Å². The second-order valence-electron chi connectivity index (χ2n) is 5.29. The van der Waals surface area contributed by atoms with Crippen molar-refractivity contribution in [2.75, 3.05) is 18.9 Å². The van der Waals surface area contributed by atoms with E-state index in [0.29, 0.717) is 16.7 Å². The van der Waals surface area contributed by atoms with Gasteiger partial charge in [0.1, 0.15) is 0 Å². The quantitative estimate of drug-likeness (QED) is 0.758.